The van der Waals surface area contributed by atoms with Gasteiger partial charge in [-0.05, 0) is 24.8 Å². The van der Waals surface area contributed by atoms with Crippen LogP contribution in [0.5, 0.6) is 6.01 Å². The average molecular weight is 263 g/mol. The van der Waals surface area contributed by atoms with Gasteiger partial charge in [-0.15, -0.1) is 0 Å². The molecule has 1 aromatic rings. The second-order valence-electron chi connectivity index (χ2n) is 4.87. The minimum absolute atomic E-state index is 0.248. The zero-order chi connectivity index (χ0) is 13.5. The second-order valence-corrected chi connectivity index (χ2v) is 4.87. The second kappa shape index (κ2) is 7.07. The number of amides is 1. The van der Waals surface area contributed by atoms with E-state index in [0.717, 1.165) is 31.5 Å². The first-order valence-electron chi connectivity index (χ1n) is 6.92. The van der Waals surface area contributed by atoms with E-state index < -0.39 is 0 Å². The maximum Gasteiger partial charge on any atom is 0.316 e. The highest BCUT2D eigenvalue weighted by Gasteiger charge is 2.15. The van der Waals surface area contributed by atoms with Crippen LogP contribution in [-0.4, -0.2) is 41.0 Å². The van der Waals surface area contributed by atoms with Crippen molar-refractivity contribution in [1.29, 1.82) is 0 Å². The number of likely N-dealkylation sites (tertiary alicyclic amines) is 1. The van der Waals surface area contributed by atoms with Crippen molar-refractivity contribution in [2.45, 2.75) is 38.5 Å². The van der Waals surface area contributed by atoms with Crippen molar-refractivity contribution >= 4 is 5.91 Å². The number of ether oxygens (including phenoxy) is 1. The maximum absolute atomic E-state index is 12.1. The van der Waals surface area contributed by atoms with E-state index in [2.05, 4.69) is 9.97 Å². The Morgan fingerprint density at radius 1 is 1.21 bits per heavy atom. The standard InChI is InChI=1S/C14H21N3O2/c1-19-14-15-10-12(11-16-14)6-7-13(18)17-8-4-2-3-5-9-17/h10-11H,2-9H2,1H3. The molecule has 1 aliphatic rings. The molecule has 0 bridgehead atoms. The van der Waals surface area contributed by atoms with Gasteiger partial charge in [0, 0.05) is 31.9 Å². The summed E-state index contributed by atoms with van der Waals surface area (Å²) in [5.74, 6) is 0.248. The summed E-state index contributed by atoms with van der Waals surface area (Å²) in [4.78, 5) is 22.2. The third kappa shape index (κ3) is 4.19. The summed E-state index contributed by atoms with van der Waals surface area (Å²) in [5.41, 5.74) is 0.976. The predicted octanol–water partition coefficient (Wildman–Crippen LogP) is 1.82. The molecule has 2 heterocycles. The van der Waals surface area contributed by atoms with Crippen molar-refractivity contribution in [3.05, 3.63) is 18.0 Å². The van der Waals surface area contributed by atoms with Gasteiger partial charge in [0.05, 0.1) is 7.11 Å². The smallest absolute Gasteiger partial charge is 0.316 e. The molecular formula is C14H21N3O2. The quantitative estimate of drug-likeness (QED) is 0.831. The van der Waals surface area contributed by atoms with Gasteiger partial charge in [-0.2, -0.15) is 0 Å². The van der Waals surface area contributed by atoms with Crippen LogP contribution < -0.4 is 4.74 Å². The summed E-state index contributed by atoms with van der Waals surface area (Å²) in [6.07, 6.45) is 9.44. The normalized spacial score (nSPS) is 15.9. The van der Waals surface area contributed by atoms with Gasteiger partial charge in [0.1, 0.15) is 0 Å². The van der Waals surface area contributed by atoms with Crippen molar-refractivity contribution in [2.24, 2.45) is 0 Å². The van der Waals surface area contributed by atoms with E-state index in [1.807, 2.05) is 4.90 Å². The molecule has 5 nitrogen and oxygen atoms in total. The number of methoxy groups -OCH3 is 1. The van der Waals surface area contributed by atoms with E-state index in [4.69, 9.17) is 4.74 Å². The molecule has 1 aliphatic heterocycles. The Morgan fingerprint density at radius 2 is 1.84 bits per heavy atom. The summed E-state index contributed by atoms with van der Waals surface area (Å²) in [7, 11) is 1.54. The molecule has 0 saturated carbocycles. The van der Waals surface area contributed by atoms with Crippen LogP contribution in [0.1, 0.15) is 37.7 Å². The third-order valence-corrected chi connectivity index (χ3v) is 3.45. The Morgan fingerprint density at radius 3 is 2.42 bits per heavy atom. The zero-order valence-electron chi connectivity index (χ0n) is 11.5. The van der Waals surface area contributed by atoms with Crippen molar-refractivity contribution < 1.29 is 9.53 Å². The van der Waals surface area contributed by atoms with Crippen molar-refractivity contribution in [1.82, 2.24) is 14.9 Å². The summed E-state index contributed by atoms with van der Waals surface area (Å²) in [6, 6.07) is 0.364. The van der Waals surface area contributed by atoms with Crippen molar-refractivity contribution in [2.75, 3.05) is 20.2 Å². The predicted molar refractivity (Wildman–Crippen MR) is 72.0 cm³/mol. The molecule has 1 fully saturated rings. The average Bonchev–Trinajstić information content (AvgIpc) is 2.74. The number of hydrogen-bond donors (Lipinski definition) is 0. The fourth-order valence-corrected chi connectivity index (χ4v) is 2.31. The van der Waals surface area contributed by atoms with Crippen LogP contribution in [0.3, 0.4) is 0 Å². The molecular weight excluding hydrogens is 242 g/mol. The number of carbonyl (C=O) groups excluding carboxylic acids is 1. The lowest BCUT2D eigenvalue weighted by atomic mass is 10.2. The molecule has 2 rings (SSSR count). The number of aromatic nitrogens is 2. The van der Waals surface area contributed by atoms with E-state index in [-0.39, 0.29) is 5.91 Å². The molecule has 1 amide bonds. The topological polar surface area (TPSA) is 55.3 Å². The first-order valence-corrected chi connectivity index (χ1v) is 6.92. The Bertz CT molecular complexity index is 398. The molecule has 0 N–H and O–H groups in total. The maximum atomic E-state index is 12.1. The monoisotopic (exact) mass is 263 g/mol. The largest absolute Gasteiger partial charge is 0.467 e. The van der Waals surface area contributed by atoms with E-state index in [1.54, 1.807) is 12.4 Å². The third-order valence-electron chi connectivity index (χ3n) is 3.45. The van der Waals surface area contributed by atoms with Gasteiger partial charge in [-0.3, -0.25) is 4.79 Å². The highest BCUT2D eigenvalue weighted by molar-refractivity contribution is 5.76. The van der Waals surface area contributed by atoms with Crippen LogP contribution in [0.2, 0.25) is 0 Å². The molecule has 1 aromatic heterocycles. The highest BCUT2D eigenvalue weighted by Crippen LogP contribution is 2.12. The summed E-state index contributed by atoms with van der Waals surface area (Å²) in [5, 5.41) is 0. The fourth-order valence-electron chi connectivity index (χ4n) is 2.31. The molecule has 0 aromatic carbocycles. The summed E-state index contributed by atoms with van der Waals surface area (Å²) in [6.45, 7) is 1.83. The van der Waals surface area contributed by atoms with E-state index in [0.29, 0.717) is 18.9 Å². The van der Waals surface area contributed by atoms with Gasteiger partial charge < -0.3 is 9.64 Å². The van der Waals surface area contributed by atoms with E-state index in [9.17, 15) is 4.79 Å². The Kier molecular flexibility index (Phi) is 5.12. The van der Waals surface area contributed by atoms with Gasteiger partial charge in [-0.25, -0.2) is 9.97 Å². The van der Waals surface area contributed by atoms with Gasteiger partial charge in [0.25, 0.3) is 0 Å². The lowest BCUT2D eigenvalue weighted by molar-refractivity contribution is -0.131. The van der Waals surface area contributed by atoms with Crippen LogP contribution in [0.4, 0.5) is 0 Å². The van der Waals surface area contributed by atoms with Gasteiger partial charge in [0.15, 0.2) is 0 Å². The molecule has 0 aliphatic carbocycles. The van der Waals surface area contributed by atoms with Gasteiger partial charge in [-0.1, -0.05) is 12.8 Å². The van der Waals surface area contributed by atoms with Crippen LogP contribution in [0.25, 0.3) is 0 Å². The number of carbonyl (C=O) groups is 1. The van der Waals surface area contributed by atoms with Crippen molar-refractivity contribution in [3.63, 3.8) is 0 Å². The first-order chi connectivity index (χ1) is 9.29. The molecule has 19 heavy (non-hydrogen) atoms. The van der Waals surface area contributed by atoms with Crippen LogP contribution in [0, 0.1) is 0 Å². The van der Waals surface area contributed by atoms with E-state index >= 15 is 0 Å². The Balaban J connectivity index is 1.81. The molecule has 0 radical (unpaired) electrons. The van der Waals surface area contributed by atoms with E-state index in [1.165, 1.54) is 20.0 Å². The van der Waals surface area contributed by atoms with Gasteiger partial charge in [0.2, 0.25) is 5.91 Å². The van der Waals surface area contributed by atoms with Crippen LogP contribution in [-0.2, 0) is 11.2 Å². The number of nitrogens with zero attached hydrogens (tertiary/aromatic N) is 3. The number of rotatable bonds is 4. The summed E-state index contributed by atoms with van der Waals surface area (Å²) < 4.78 is 4.91. The van der Waals surface area contributed by atoms with Crippen LogP contribution >= 0.6 is 0 Å². The lowest BCUT2D eigenvalue weighted by Gasteiger charge is -2.20. The fraction of sp³-hybridized carbons (Fsp3) is 0.643. The van der Waals surface area contributed by atoms with Crippen LogP contribution in [0.15, 0.2) is 12.4 Å². The first kappa shape index (κ1) is 13.8. The minimum atomic E-state index is 0.248. The lowest BCUT2D eigenvalue weighted by Crippen LogP contribution is -2.31. The molecule has 1 saturated heterocycles. The highest BCUT2D eigenvalue weighted by atomic mass is 16.5. The SMILES string of the molecule is COc1ncc(CCC(=O)N2CCCCCC2)cn1. The number of hydrogen-bond acceptors (Lipinski definition) is 4. The Labute approximate surface area is 114 Å². The molecule has 0 atom stereocenters. The molecule has 104 valence electrons. The molecule has 5 heteroatoms. The van der Waals surface area contributed by atoms with Gasteiger partial charge >= 0.3 is 6.01 Å². The zero-order valence-corrected chi connectivity index (χ0v) is 11.5. The number of aryl methyl sites for hydroxylation is 1. The Hall–Kier alpha value is -1.65. The minimum Gasteiger partial charge on any atom is -0.467 e. The molecule has 0 unspecified atom stereocenters. The summed E-state index contributed by atoms with van der Waals surface area (Å²) >= 11 is 0. The van der Waals surface area contributed by atoms with Crippen molar-refractivity contribution in [3.8, 4) is 6.01 Å². The molecule has 0 spiro atoms.